The highest BCUT2D eigenvalue weighted by Crippen LogP contribution is 2.13. The monoisotopic (exact) mass is 264 g/mol. The minimum Gasteiger partial charge on any atom is -0.382 e. The minimum absolute atomic E-state index is 0.263. The first-order valence-electron chi connectivity index (χ1n) is 7.02. The second-order valence-corrected chi connectivity index (χ2v) is 4.99. The van der Waals surface area contributed by atoms with Gasteiger partial charge in [0.05, 0.1) is 12.7 Å². The second-order valence-electron chi connectivity index (χ2n) is 4.99. The van der Waals surface area contributed by atoms with Crippen molar-refractivity contribution in [2.45, 2.75) is 19.4 Å². The molecule has 2 N–H and O–H groups in total. The Balaban J connectivity index is 1.81. The van der Waals surface area contributed by atoms with E-state index in [1.807, 2.05) is 18.3 Å². The van der Waals surface area contributed by atoms with Gasteiger partial charge >= 0.3 is 0 Å². The second kappa shape index (κ2) is 7.31. The van der Waals surface area contributed by atoms with Gasteiger partial charge in [-0.1, -0.05) is 6.92 Å². The van der Waals surface area contributed by atoms with E-state index in [-0.39, 0.29) is 6.10 Å². The Kier molecular flexibility index (Phi) is 5.42. The standard InChI is InChI=1S/C14H24N4O/c1-3-5-15-14-9-12(4-6-16-14)17-10-13-11-18(2)7-8-19-13/h4,6,9,13H,3,5,7-8,10-11H2,1-2H3,(H2,15,16,17). The molecule has 0 aliphatic carbocycles. The van der Waals surface area contributed by atoms with Gasteiger partial charge in [0.2, 0.25) is 0 Å². The van der Waals surface area contributed by atoms with Gasteiger partial charge in [0.15, 0.2) is 0 Å². The lowest BCUT2D eigenvalue weighted by Gasteiger charge is -2.30. The molecule has 2 rings (SSSR count). The molecule has 1 fully saturated rings. The Labute approximate surface area is 115 Å². The van der Waals surface area contributed by atoms with Crippen LogP contribution in [-0.2, 0) is 4.74 Å². The summed E-state index contributed by atoms with van der Waals surface area (Å²) in [7, 11) is 2.13. The van der Waals surface area contributed by atoms with Crippen molar-refractivity contribution < 1.29 is 4.74 Å². The fraction of sp³-hybridized carbons (Fsp3) is 0.643. The minimum atomic E-state index is 0.263. The maximum atomic E-state index is 5.73. The van der Waals surface area contributed by atoms with Crippen LogP contribution in [0.1, 0.15) is 13.3 Å². The van der Waals surface area contributed by atoms with E-state index in [1.165, 1.54) is 0 Å². The Morgan fingerprint density at radius 3 is 3.16 bits per heavy atom. The van der Waals surface area contributed by atoms with Gasteiger partial charge in [-0.2, -0.15) is 0 Å². The number of hydrogen-bond acceptors (Lipinski definition) is 5. The van der Waals surface area contributed by atoms with E-state index < -0.39 is 0 Å². The first kappa shape index (κ1) is 14.1. The molecule has 19 heavy (non-hydrogen) atoms. The SMILES string of the molecule is CCCNc1cc(NCC2CN(C)CCO2)ccn1. The number of aromatic nitrogens is 1. The van der Waals surface area contributed by atoms with Crippen LogP contribution in [0.25, 0.3) is 0 Å². The summed E-state index contributed by atoms with van der Waals surface area (Å²) < 4.78 is 5.73. The van der Waals surface area contributed by atoms with E-state index in [0.29, 0.717) is 0 Å². The van der Waals surface area contributed by atoms with E-state index in [2.05, 4.69) is 34.5 Å². The van der Waals surface area contributed by atoms with E-state index in [4.69, 9.17) is 4.74 Å². The van der Waals surface area contributed by atoms with Crippen LogP contribution in [0.5, 0.6) is 0 Å². The van der Waals surface area contributed by atoms with Crippen LogP contribution >= 0.6 is 0 Å². The molecule has 1 unspecified atom stereocenters. The zero-order valence-electron chi connectivity index (χ0n) is 11.9. The Hall–Kier alpha value is -1.33. The van der Waals surface area contributed by atoms with Crippen LogP contribution in [0.2, 0.25) is 0 Å². The van der Waals surface area contributed by atoms with Crippen molar-refractivity contribution >= 4 is 11.5 Å². The molecule has 5 heteroatoms. The van der Waals surface area contributed by atoms with Crippen LogP contribution < -0.4 is 10.6 Å². The molecule has 0 amide bonds. The van der Waals surface area contributed by atoms with Crippen molar-refractivity contribution in [1.29, 1.82) is 0 Å². The number of anilines is 2. The highest BCUT2D eigenvalue weighted by Gasteiger charge is 2.17. The summed E-state index contributed by atoms with van der Waals surface area (Å²) in [5.74, 6) is 0.925. The summed E-state index contributed by atoms with van der Waals surface area (Å²) in [6, 6.07) is 4.03. The van der Waals surface area contributed by atoms with Gasteiger partial charge in [-0.25, -0.2) is 4.98 Å². The van der Waals surface area contributed by atoms with Gasteiger partial charge in [0, 0.05) is 44.1 Å². The molecule has 1 aliphatic heterocycles. The number of nitrogens with zero attached hydrogens (tertiary/aromatic N) is 2. The molecule has 0 spiro atoms. The topological polar surface area (TPSA) is 49.4 Å². The van der Waals surface area contributed by atoms with E-state index in [1.54, 1.807) is 0 Å². The molecule has 1 saturated heterocycles. The summed E-state index contributed by atoms with van der Waals surface area (Å²) in [4.78, 5) is 6.60. The molecule has 1 aromatic heterocycles. The van der Waals surface area contributed by atoms with E-state index in [9.17, 15) is 0 Å². The molecule has 1 aromatic rings. The van der Waals surface area contributed by atoms with Crippen LogP contribution in [0.4, 0.5) is 11.5 Å². The molecule has 0 radical (unpaired) electrons. The van der Waals surface area contributed by atoms with Crippen molar-refractivity contribution in [1.82, 2.24) is 9.88 Å². The van der Waals surface area contributed by atoms with Crippen molar-refractivity contribution in [2.24, 2.45) is 0 Å². The van der Waals surface area contributed by atoms with Crippen LogP contribution in [-0.4, -0.2) is 55.8 Å². The summed E-state index contributed by atoms with van der Waals surface area (Å²) >= 11 is 0. The van der Waals surface area contributed by atoms with E-state index in [0.717, 1.165) is 50.7 Å². The van der Waals surface area contributed by atoms with Gasteiger partial charge in [-0.05, 0) is 19.5 Å². The van der Waals surface area contributed by atoms with Crippen LogP contribution in [0, 0.1) is 0 Å². The summed E-state index contributed by atoms with van der Waals surface area (Å²) in [5, 5.41) is 6.71. The third kappa shape index (κ3) is 4.69. The molecule has 5 nitrogen and oxygen atoms in total. The average Bonchev–Trinajstić information content (AvgIpc) is 2.43. The molecule has 106 valence electrons. The maximum absolute atomic E-state index is 5.73. The highest BCUT2D eigenvalue weighted by molar-refractivity contribution is 5.51. The number of likely N-dealkylation sites (N-methyl/N-ethyl adjacent to an activating group) is 1. The van der Waals surface area contributed by atoms with Gasteiger partial charge in [0.1, 0.15) is 5.82 Å². The lowest BCUT2D eigenvalue weighted by Crippen LogP contribution is -2.43. The Morgan fingerprint density at radius 1 is 1.47 bits per heavy atom. The van der Waals surface area contributed by atoms with Crippen molar-refractivity contribution in [3.63, 3.8) is 0 Å². The lowest BCUT2D eigenvalue weighted by atomic mass is 10.2. The number of hydrogen-bond donors (Lipinski definition) is 2. The molecule has 0 aromatic carbocycles. The van der Waals surface area contributed by atoms with Crippen LogP contribution in [0.15, 0.2) is 18.3 Å². The molecule has 2 heterocycles. The largest absolute Gasteiger partial charge is 0.382 e. The van der Waals surface area contributed by atoms with Crippen molar-refractivity contribution in [2.75, 3.05) is 50.5 Å². The highest BCUT2D eigenvalue weighted by atomic mass is 16.5. The third-order valence-electron chi connectivity index (χ3n) is 3.19. The fourth-order valence-corrected chi connectivity index (χ4v) is 2.11. The smallest absolute Gasteiger partial charge is 0.127 e. The number of pyridine rings is 1. The molecule has 0 bridgehead atoms. The predicted molar refractivity (Wildman–Crippen MR) is 78.7 cm³/mol. The quantitative estimate of drug-likeness (QED) is 0.818. The normalized spacial score (nSPS) is 20.2. The molecular weight excluding hydrogens is 240 g/mol. The number of rotatable bonds is 6. The molecular formula is C14H24N4O. The van der Waals surface area contributed by atoms with Crippen LogP contribution in [0.3, 0.4) is 0 Å². The zero-order chi connectivity index (χ0) is 13.5. The Bertz CT molecular complexity index is 385. The van der Waals surface area contributed by atoms with E-state index >= 15 is 0 Å². The van der Waals surface area contributed by atoms with Gasteiger partial charge in [0.25, 0.3) is 0 Å². The van der Waals surface area contributed by atoms with Gasteiger partial charge < -0.3 is 20.3 Å². The average molecular weight is 264 g/mol. The molecule has 0 saturated carbocycles. The molecule has 1 aliphatic rings. The summed E-state index contributed by atoms with van der Waals surface area (Å²) in [6.07, 6.45) is 3.19. The summed E-state index contributed by atoms with van der Waals surface area (Å²) in [6.45, 7) is 6.76. The van der Waals surface area contributed by atoms with Gasteiger partial charge in [-0.15, -0.1) is 0 Å². The number of morpholine rings is 1. The van der Waals surface area contributed by atoms with Gasteiger partial charge in [-0.3, -0.25) is 0 Å². The fourth-order valence-electron chi connectivity index (χ4n) is 2.11. The zero-order valence-corrected chi connectivity index (χ0v) is 11.9. The van der Waals surface area contributed by atoms with Crippen molar-refractivity contribution in [3.8, 4) is 0 Å². The first-order chi connectivity index (χ1) is 9.28. The van der Waals surface area contributed by atoms with Crippen molar-refractivity contribution in [3.05, 3.63) is 18.3 Å². The maximum Gasteiger partial charge on any atom is 0.127 e. The number of ether oxygens (including phenoxy) is 1. The Morgan fingerprint density at radius 2 is 2.37 bits per heavy atom. The first-order valence-corrected chi connectivity index (χ1v) is 7.02. The lowest BCUT2D eigenvalue weighted by molar-refractivity contribution is -0.0117. The number of nitrogens with one attached hydrogen (secondary N) is 2. The summed E-state index contributed by atoms with van der Waals surface area (Å²) in [5.41, 5.74) is 1.09. The predicted octanol–water partition coefficient (Wildman–Crippen LogP) is 1.65. The molecule has 1 atom stereocenters. The third-order valence-corrected chi connectivity index (χ3v) is 3.19.